The summed E-state index contributed by atoms with van der Waals surface area (Å²) in [7, 11) is 0. The molecule has 1 aromatic carbocycles. The lowest BCUT2D eigenvalue weighted by Crippen LogP contribution is -2.37. The zero-order chi connectivity index (χ0) is 22.5. The van der Waals surface area contributed by atoms with Crippen LogP contribution in [-0.2, 0) is 9.59 Å². The van der Waals surface area contributed by atoms with E-state index in [0.717, 1.165) is 18.0 Å². The molecule has 1 saturated heterocycles. The Hall–Kier alpha value is -2.35. The van der Waals surface area contributed by atoms with E-state index in [0.29, 0.717) is 25.4 Å². The van der Waals surface area contributed by atoms with E-state index >= 15 is 0 Å². The summed E-state index contributed by atoms with van der Waals surface area (Å²) < 4.78 is 5.51. The normalized spacial score (nSPS) is 18.2. The third-order valence-electron chi connectivity index (χ3n) is 5.41. The maximum absolute atomic E-state index is 13.0. The van der Waals surface area contributed by atoms with Gasteiger partial charge in [0.25, 0.3) is 11.7 Å². The lowest BCUT2D eigenvalue weighted by Gasteiger charge is -2.27. The smallest absolute Gasteiger partial charge is 0.295 e. The molecule has 8 heteroatoms. The molecule has 1 amide bonds. The molecule has 1 fully saturated rings. The van der Waals surface area contributed by atoms with Crippen molar-refractivity contribution in [1.29, 1.82) is 0 Å². The van der Waals surface area contributed by atoms with Crippen molar-refractivity contribution in [2.24, 2.45) is 0 Å². The molecule has 31 heavy (non-hydrogen) atoms. The Bertz CT molecular complexity index is 970. The number of carbonyl (C=O) groups is 2. The highest BCUT2D eigenvalue weighted by Crippen LogP contribution is 2.42. The summed E-state index contributed by atoms with van der Waals surface area (Å²) in [5.41, 5.74) is 0.332. The van der Waals surface area contributed by atoms with Crippen LogP contribution in [0, 0.1) is 0 Å². The van der Waals surface area contributed by atoms with Crippen LogP contribution in [0.4, 0.5) is 0 Å². The van der Waals surface area contributed by atoms with Gasteiger partial charge < -0.3 is 19.6 Å². The minimum Gasteiger partial charge on any atom is -0.507 e. The SMILES string of the molecule is CCOc1ccc(Cl)c(/C(O)=C2/C(=O)C(=O)N(CCN(CC)CC)C2c2cccs2)c1. The molecule has 0 bridgehead atoms. The first kappa shape index (κ1) is 23.3. The van der Waals surface area contributed by atoms with Gasteiger partial charge in [0.15, 0.2) is 0 Å². The number of likely N-dealkylation sites (N-methyl/N-ethyl adjacent to an activating group) is 1. The molecular weight excluding hydrogens is 436 g/mol. The molecule has 2 aromatic rings. The van der Waals surface area contributed by atoms with Gasteiger partial charge in [-0.3, -0.25) is 9.59 Å². The summed E-state index contributed by atoms with van der Waals surface area (Å²) in [6, 6.07) is 7.99. The fourth-order valence-electron chi connectivity index (χ4n) is 3.73. The summed E-state index contributed by atoms with van der Waals surface area (Å²) in [6.07, 6.45) is 0. The van der Waals surface area contributed by atoms with Gasteiger partial charge in [0.2, 0.25) is 0 Å². The largest absolute Gasteiger partial charge is 0.507 e. The van der Waals surface area contributed by atoms with Gasteiger partial charge in [-0.25, -0.2) is 0 Å². The van der Waals surface area contributed by atoms with E-state index in [1.807, 2.05) is 24.4 Å². The van der Waals surface area contributed by atoms with Gasteiger partial charge in [0.1, 0.15) is 11.5 Å². The average molecular weight is 463 g/mol. The number of benzene rings is 1. The van der Waals surface area contributed by atoms with Crippen molar-refractivity contribution < 1.29 is 19.4 Å². The van der Waals surface area contributed by atoms with Crippen molar-refractivity contribution in [2.45, 2.75) is 26.8 Å². The second-order valence-electron chi connectivity index (χ2n) is 7.11. The van der Waals surface area contributed by atoms with Crippen LogP contribution in [0.15, 0.2) is 41.3 Å². The number of halogens is 1. The van der Waals surface area contributed by atoms with Gasteiger partial charge in [0, 0.05) is 23.5 Å². The van der Waals surface area contributed by atoms with Crippen LogP contribution in [0.3, 0.4) is 0 Å². The summed E-state index contributed by atoms with van der Waals surface area (Å²) in [6.45, 7) is 9.15. The molecule has 3 rings (SSSR count). The molecule has 1 unspecified atom stereocenters. The van der Waals surface area contributed by atoms with Gasteiger partial charge in [-0.05, 0) is 49.7 Å². The molecule has 166 valence electrons. The van der Waals surface area contributed by atoms with E-state index in [2.05, 4.69) is 18.7 Å². The fraction of sp³-hybridized carbons (Fsp3) is 0.391. The number of likely N-dealkylation sites (tertiary alicyclic amines) is 1. The number of rotatable bonds is 9. The maximum atomic E-state index is 13.0. The Morgan fingerprint density at radius 3 is 2.58 bits per heavy atom. The molecule has 0 radical (unpaired) electrons. The highest BCUT2D eigenvalue weighted by Gasteiger charge is 2.46. The van der Waals surface area contributed by atoms with E-state index < -0.39 is 17.7 Å². The first-order valence-electron chi connectivity index (χ1n) is 10.4. The molecule has 0 aliphatic carbocycles. The van der Waals surface area contributed by atoms with Crippen molar-refractivity contribution in [2.75, 3.05) is 32.8 Å². The lowest BCUT2D eigenvalue weighted by molar-refractivity contribution is -0.140. The topological polar surface area (TPSA) is 70.1 Å². The second kappa shape index (κ2) is 10.3. The maximum Gasteiger partial charge on any atom is 0.295 e. The van der Waals surface area contributed by atoms with E-state index in [-0.39, 0.29) is 21.9 Å². The first-order chi connectivity index (χ1) is 14.9. The number of ketones is 1. The average Bonchev–Trinajstić information content (AvgIpc) is 3.38. The molecule has 1 aliphatic rings. The molecule has 1 atom stereocenters. The number of ether oxygens (including phenoxy) is 1. The van der Waals surface area contributed by atoms with E-state index in [1.165, 1.54) is 11.3 Å². The first-order valence-corrected chi connectivity index (χ1v) is 11.6. The zero-order valence-electron chi connectivity index (χ0n) is 17.9. The standard InChI is InChI=1S/C23H27ClN2O4S/c1-4-25(5-2)11-12-26-20(18-8-7-13-31-18)19(22(28)23(26)29)21(27)16-14-15(30-6-3)9-10-17(16)24/h7-10,13-14,20,27H,4-6,11-12H2,1-3H3/b21-19-. The minimum absolute atomic E-state index is 0.0579. The number of aliphatic hydroxyl groups is 1. The van der Waals surface area contributed by atoms with Crippen LogP contribution in [0.25, 0.3) is 5.76 Å². The predicted octanol–water partition coefficient (Wildman–Crippen LogP) is 4.56. The number of thiophene rings is 1. The second-order valence-corrected chi connectivity index (χ2v) is 8.50. The van der Waals surface area contributed by atoms with Crippen LogP contribution >= 0.6 is 22.9 Å². The summed E-state index contributed by atoms with van der Waals surface area (Å²) in [5.74, 6) is -1.07. The highest BCUT2D eigenvalue weighted by molar-refractivity contribution is 7.10. The zero-order valence-corrected chi connectivity index (χ0v) is 19.5. The molecular formula is C23H27ClN2O4S. The summed E-state index contributed by atoms with van der Waals surface area (Å²) >= 11 is 7.78. The van der Waals surface area contributed by atoms with Crippen molar-refractivity contribution in [3.63, 3.8) is 0 Å². The predicted molar refractivity (Wildman–Crippen MR) is 124 cm³/mol. The van der Waals surface area contributed by atoms with Gasteiger partial charge in [-0.1, -0.05) is 31.5 Å². The molecule has 0 spiro atoms. The Labute approximate surface area is 191 Å². The van der Waals surface area contributed by atoms with Crippen LogP contribution in [0.5, 0.6) is 5.75 Å². The minimum atomic E-state index is -0.701. The Balaban J connectivity index is 2.08. The number of hydrogen-bond acceptors (Lipinski definition) is 6. The summed E-state index contributed by atoms with van der Waals surface area (Å²) in [5, 5.41) is 13.3. The molecule has 2 heterocycles. The van der Waals surface area contributed by atoms with Gasteiger partial charge in [-0.15, -0.1) is 11.3 Å². The fourth-order valence-corrected chi connectivity index (χ4v) is 4.78. The Kier molecular flexibility index (Phi) is 7.75. The summed E-state index contributed by atoms with van der Waals surface area (Å²) in [4.78, 5) is 30.6. The van der Waals surface area contributed by atoms with Crippen molar-refractivity contribution in [3.8, 4) is 5.75 Å². The molecule has 6 nitrogen and oxygen atoms in total. The number of Topliss-reactive ketones (excluding diaryl/α,β-unsaturated/α-hetero) is 1. The van der Waals surface area contributed by atoms with Crippen LogP contribution in [0.1, 0.15) is 37.3 Å². The number of carbonyl (C=O) groups excluding carboxylic acids is 2. The van der Waals surface area contributed by atoms with Gasteiger partial charge in [0.05, 0.1) is 23.2 Å². The number of aliphatic hydroxyl groups excluding tert-OH is 1. The van der Waals surface area contributed by atoms with E-state index in [9.17, 15) is 14.7 Å². The van der Waals surface area contributed by atoms with Crippen molar-refractivity contribution in [3.05, 3.63) is 56.7 Å². The van der Waals surface area contributed by atoms with E-state index in [4.69, 9.17) is 16.3 Å². The quantitative estimate of drug-likeness (QED) is 0.336. The Morgan fingerprint density at radius 1 is 1.23 bits per heavy atom. The highest BCUT2D eigenvalue weighted by atomic mass is 35.5. The van der Waals surface area contributed by atoms with Crippen LogP contribution in [-0.4, -0.2) is 59.4 Å². The van der Waals surface area contributed by atoms with Crippen molar-refractivity contribution >= 4 is 40.4 Å². The third-order valence-corrected chi connectivity index (χ3v) is 6.66. The van der Waals surface area contributed by atoms with Gasteiger partial charge >= 0.3 is 0 Å². The number of hydrogen-bond donors (Lipinski definition) is 1. The monoisotopic (exact) mass is 462 g/mol. The van der Waals surface area contributed by atoms with Crippen molar-refractivity contribution in [1.82, 2.24) is 9.80 Å². The molecule has 0 saturated carbocycles. The lowest BCUT2D eigenvalue weighted by atomic mass is 9.99. The van der Waals surface area contributed by atoms with Gasteiger partial charge in [-0.2, -0.15) is 0 Å². The molecule has 1 aliphatic heterocycles. The third kappa shape index (κ3) is 4.79. The number of amides is 1. The van der Waals surface area contributed by atoms with Crippen LogP contribution < -0.4 is 4.74 Å². The van der Waals surface area contributed by atoms with E-state index in [1.54, 1.807) is 23.1 Å². The Morgan fingerprint density at radius 2 is 1.97 bits per heavy atom. The molecule has 1 aromatic heterocycles. The number of nitrogens with zero attached hydrogens (tertiary/aromatic N) is 2. The molecule has 1 N–H and O–H groups in total. The van der Waals surface area contributed by atoms with Crippen LogP contribution in [0.2, 0.25) is 5.02 Å².